The van der Waals surface area contributed by atoms with E-state index in [2.05, 4.69) is 13.8 Å². The second kappa shape index (κ2) is 6.62. The molecule has 0 aliphatic rings. The van der Waals surface area contributed by atoms with Crippen LogP contribution in [0.4, 0.5) is 0 Å². The third-order valence-corrected chi connectivity index (χ3v) is 1.60. The maximum atomic E-state index is 8.91. The molecule has 67 valence electrons. The molecule has 1 atom stereocenters. The molecule has 0 aromatic rings. The Morgan fingerprint density at radius 2 is 2.09 bits per heavy atom. The summed E-state index contributed by atoms with van der Waals surface area (Å²) in [5.74, 6) is 0.940. The van der Waals surface area contributed by atoms with Gasteiger partial charge in [0.15, 0.2) is 0 Å². The third kappa shape index (κ3) is 6.32. The number of aliphatic hydroxyl groups is 1. The van der Waals surface area contributed by atoms with Crippen molar-refractivity contribution in [3.63, 3.8) is 0 Å². The van der Waals surface area contributed by atoms with Gasteiger partial charge in [-0.15, -0.1) is 0 Å². The van der Waals surface area contributed by atoms with E-state index in [1.165, 1.54) is 0 Å². The Hall–Kier alpha value is -0.0800. The molecule has 0 rings (SSSR count). The number of ether oxygens (including phenoxy) is 1. The zero-order chi connectivity index (χ0) is 8.69. The monoisotopic (exact) mass is 159 g/mol. The molecule has 1 radical (unpaired) electrons. The topological polar surface area (TPSA) is 29.5 Å². The van der Waals surface area contributed by atoms with E-state index < -0.39 is 0 Å². The number of aliphatic hydroxyl groups excluding tert-OH is 1. The lowest BCUT2D eigenvalue weighted by molar-refractivity contribution is 0.179. The summed E-state index contributed by atoms with van der Waals surface area (Å²) < 4.78 is 4.89. The van der Waals surface area contributed by atoms with Crippen molar-refractivity contribution < 1.29 is 9.84 Å². The van der Waals surface area contributed by atoms with Crippen LogP contribution in [0.5, 0.6) is 0 Å². The van der Waals surface area contributed by atoms with Gasteiger partial charge in [0.05, 0.1) is 0 Å². The molecule has 1 N–H and O–H groups in total. The van der Waals surface area contributed by atoms with Crippen molar-refractivity contribution in [3.8, 4) is 0 Å². The zero-order valence-corrected chi connectivity index (χ0v) is 7.71. The SMILES string of the molecule is COC[CH]C(CO)CC(C)C. The summed E-state index contributed by atoms with van der Waals surface area (Å²) in [5, 5.41) is 8.91. The van der Waals surface area contributed by atoms with Crippen LogP contribution in [0, 0.1) is 18.3 Å². The highest BCUT2D eigenvalue weighted by atomic mass is 16.5. The quantitative estimate of drug-likeness (QED) is 0.636. The van der Waals surface area contributed by atoms with E-state index in [4.69, 9.17) is 9.84 Å². The predicted octanol–water partition coefficient (Wildman–Crippen LogP) is 1.49. The average Bonchev–Trinajstić information content (AvgIpc) is 1.97. The van der Waals surface area contributed by atoms with Crippen LogP contribution in [-0.4, -0.2) is 25.4 Å². The van der Waals surface area contributed by atoms with Gasteiger partial charge in [-0.2, -0.15) is 0 Å². The van der Waals surface area contributed by atoms with Gasteiger partial charge in [0.2, 0.25) is 0 Å². The fourth-order valence-electron chi connectivity index (χ4n) is 1.08. The fourth-order valence-corrected chi connectivity index (χ4v) is 1.08. The van der Waals surface area contributed by atoms with Crippen molar-refractivity contribution in [2.45, 2.75) is 20.3 Å². The van der Waals surface area contributed by atoms with Gasteiger partial charge in [-0.05, 0) is 24.7 Å². The molecule has 0 spiro atoms. The average molecular weight is 159 g/mol. The van der Waals surface area contributed by atoms with E-state index in [0.717, 1.165) is 6.42 Å². The summed E-state index contributed by atoms with van der Waals surface area (Å²) in [7, 11) is 1.67. The molecule has 1 unspecified atom stereocenters. The first-order valence-corrected chi connectivity index (χ1v) is 4.13. The predicted molar refractivity (Wildman–Crippen MR) is 46.2 cm³/mol. The van der Waals surface area contributed by atoms with Crippen molar-refractivity contribution in [2.24, 2.45) is 11.8 Å². The van der Waals surface area contributed by atoms with Crippen molar-refractivity contribution in [2.75, 3.05) is 20.3 Å². The van der Waals surface area contributed by atoms with Crippen molar-refractivity contribution in [1.29, 1.82) is 0 Å². The number of methoxy groups -OCH3 is 1. The standard InChI is InChI=1S/C9H19O2/c1-8(2)6-9(7-10)4-5-11-3/h4,8-10H,5-7H2,1-3H3. The molecular formula is C9H19O2. The number of rotatable bonds is 6. The Kier molecular flexibility index (Phi) is 6.57. The minimum atomic E-state index is 0.238. The number of hydrogen-bond donors (Lipinski definition) is 1. The molecule has 2 heteroatoms. The second-order valence-electron chi connectivity index (χ2n) is 3.26. The smallest absolute Gasteiger partial charge is 0.0497 e. The third-order valence-electron chi connectivity index (χ3n) is 1.60. The molecule has 11 heavy (non-hydrogen) atoms. The van der Waals surface area contributed by atoms with E-state index in [1.54, 1.807) is 7.11 Å². The van der Waals surface area contributed by atoms with Gasteiger partial charge in [-0.3, -0.25) is 0 Å². The highest BCUT2D eigenvalue weighted by Gasteiger charge is 2.08. The van der Waals surface area contributed by atoms with Crippen molar-refractivity contribution in [1.82, 2.24) is 0 Å². The van der Waals surface area contributed by atoms with Gasteiger partial charge in [-0.1, -0.05) is 13.8 Å². The van der Waals surface area contributed by atoms with E-state index in [0.29, 0.717) is 18.4 Å². The van der Waals surface area contributed by atoms with Crippen LogP contribution in [0.1, 0.15) is 20.3 Å². The molecular weight excluding hydrogens is 140 g/mol. The summed E-state index contributed by atoms with van der Waals surface area (Å²) in [4.78, 5) is 0. The summed E-state index contributed by atoms with van der Waals surface area (Å²) in [6.45, 7) is 5.19. The molecule has 0 aromatic heterocycles. The highest BCUT2D eigenvalue weighted by Crippen LogP contribution is 2.13. The normalized spacial score (nSPS) is 13.9. The molecule has 0 bridgehead atoms. The van der Waals surface area contributed by atoms with Crippen LogP contribution in [0.3, 0.4) is 0 Å². The van der Waals surface area contributed by atoms with Crippen molar-refractivity contribution in [3.05, 3.63) is 6.42 Å². The fraction of sp³-hybridized carbons (Fsp3) is 0.889. The lowest BCUT2D eigenvalue weighted by atomic mass is 9.95. The van der Waals surface area contributed by atoms with Crippen LogP contribution in [-0.2, 0) is 4.74 Å². The first kappa shape index (κ1) is 10.9. The molecule has 0 aliphatic heterocycles. The molecule has 0 heterocycles. The second-order valence-corrected chi connectivity index (χ2v) is 3.26. The van der Waals surface area contributed by atoms with Gasteiger partial charge in [0.1, 0.15) is 0 Å². The van der Waals surface area contributed by atoms with E-state index in [1.807, 2.05) is 6.42 Å². The van der Waals surface area contributed by atoms with E-state index in [-0.39, 0.29) is 6.61 Å². The number of hydrogen-bond acceptors (Lipinski definition) is 2. The lowest BCUT2D eigenvalue weighted by Gasteiger charge is -2.14. The minimum absolute atomic E-state index is 0.238. The van der Waals surface area contributed by atoms with Crippen LogP contribution in [0.2, 0.25) is 0 Å². The Balaban J connectivity index is 3.41. The lowest BCUT2D eigenvalue weighted by Crippen LogP contribution is -2.12. The van der Waals surface area contributed by atoms with Gasteiger partial charge >= 0.3 is 0 Å². The minimum Gasteiger partial charge on any atom is -0.396 e. The van der Waals surface area contributed by atoms with Crippen LogP contribution < -0.4 is 0 Å². The Morgan fingerprint density at radius 1 is 1.45 bits per heavy atom. The van der Waals surface area contributed by atoms with Crippen molar-refractivity contribution >= 4 is 0 Å². The van der Waals surface area contributed by atoms with E-state index >= 15 is 0 Å². The van der Waals surface area contributed by atoms with E-state index in [9.17, 15) is 0 Å². The summed E-state index contributed by atoms with van der Waals surface area (Å²) in [6.07, 6.45) is 3.07. The van der Waals surface area contributed by atoms with Gasteiger partial charge in [-0.25, -0.2) is 0 Å². The zero-order valence-electron chi connectivity index (χ0n) is 7.71. The summed E-state index contributed by atoms with van der Waals surface area (Å²) >= 11 is 0. The molecule has 0 amide bonds. The summed E-state index contributed by atoms with van der Waals surface area (Å²) in [5.41, 5.74) is 0. The first-order chi connectivity index (χ1) is 5.20. The largest absolute Gasteiger partial charge is 0.396 e. The maximum Gasteiger partial charge on any atom is 0.0497 e. The molecule has 0 aliphatic carbocycles. The van der Waals surface area contributed by atoms with Gasteiger partial charge < -0.3 is 9.84 Å². The summed E-state index contributed by atoms with van der Waals surface area (Å²) in [6, 6.07) is 0. The van der Waals surface area contributed by atoms with Gasteiger partial charge in [0, 0.05) is 20.3 Å². The highest BCUT2D eigenvalue weighted by molar-refractivity contribution is 4.75. The Bertz CT molecular complexity index is 81.6. The first-order valence-electron chi connectivity index (χ1n) is 4.13. The molecule has 0 saturated heterocycles. The maximum absolute atomic E-state index is 8.91. The molecule has 0 aromatic carbocycles. The Labute approximate surface area is 69.6 Å². The molecule has 0 fully saturated rings. The molecule has 0 saturated carbocycles. The van der Waals surface area contributed by atoms with Crippen LogP contribution in [0.15, 0.2) is 0 Å². The molecule has 2 nitrogen and oxygen atoms in total. The van der Waals surface area contributed by atoms with Crippen LogP contribution >= 0.6 is 0 Å². The van der Waals surface area contributed by atoms with Crippen LogP contribution in [0.25, 0.3) is 0 Å². The van der Waals surface area contributed by atoms with Gasteiger partial charge in [0.25, 0.3) is 0 Å². The Morgan fingerprint density at radius 3 is 2.45 bits per heavy atom.